The van der Waals surface area contributed by atoms with Crippen molar-refractivity contribution in [3.63, 3.8) is 0 Å². The summed E-state index contributed by atoms with van der Waals surface area (Å²) in [6, 6.07) is 0. The zero-order valence-electron chi connectivity index (χ0n) is 12.7. The van der Waals surface area contributed by atoms with Gasteiger partial charge in [0.1, 0.15) is 0 Å². The maximum Gasteiger partial charge on any atom is 0.229 e. The molecule has 108 valence electrons. The van der Waals surface area contributed by atoms with Crippen LogP contribution in [0.1, 0.15) is 66.2 Å². The van der Waals surface area contributed by atoms with Gasteiger partial charge in [-0.05, 0) is 42.4 Å². The van der Waals surface area contributed by atoms with E-state index in [1.54, 1.807) is 0 Å². The first-order valence-electron chi connectivity index (χ1n) is 7.58. The summed E-state index contributed by atoms with van der Waals surface area (Å²) >= 11 is 0. The van der Waals surface area contributed by atoms with E-state index in [-0.39, 0.29) is 23.1 Å². The van der Waals surface area contributed by atoms with Crippen LogP contribution in [-0.4, -0.2) is 11.8 Å². The standard InChI is InChI=1S/C16H27NO2/c1-11-14(19)17-13(18)10-16(11)8-5-6-12(7-9-16)15(2,3)4/h11-12H,5-10H2,1-4H3,(H,17,18,19). The topological polar surface area (TPSA) is 46.2 Å². The molecule has 0 aromatic carbocycles. The first kappa shape index (κ1) is 14.5. The van der Waals surface area contributed by atoms with E-state index in [1.165, 1.54) is 6.42 Å². The molecule has 1 aliphatic heterocycles. The Hall–Kier alpha value is -0.860. The summed E-state index contributed by atoms with van der Waals surface area (Å²) in [6.07, 6.45) is 6.11. The summed E-state index contributed by atoms with van der Waals surface area (Å²) in [4.78, 5) is 23.7. The fourth-order valence-electron chi connectivity index (χ4n) is 3.95. The molecule has 2 amide bonds. The van der Waals surface area contributed by atoms with Crippen molar-refractivity contribution in [3.05, 3.63) is 0 Å². The Kier molecular flexibility index (Phi) is 3.76. The molecule has 3 heteroatoms. The third-order valence-corrected chi connectivity index (χ3v) is 5.53. The van der Waals surface area contributed by atoms with Gasteiger partial charge in [-0.3, -0.25) is 14.9 Å². The van der Waals surface area contributed by atoms with E-state index in [0.29, 0.717) is 17.8 Å². The SMILES string of the molecule is CC1C(=O)NC(=O)CC12CCCC(C(C)(C)C)CC2. The molecule has 0 aromatic rings. The minimum absolute atomic E-state index is 0.0241. The van der Waals surface area contributed by atoms with E-state index in [2.05, 4.69) is 26.1 Å². The summed E-state index contributed by atoms with van der Waals surface area (Å²) in [7, 11) is 0. The molecule has 3 atom stereocenters. The molecule has 2 fully saturated rings. The Balaban J connectivity index is 2.16. The number of amides is 2. The van der Waals surface area contributed by atoms with Crippen LogP contribution in [0.3, 0.4) is 0 Å². The molecule has 0 radical (unpaired) electrons. The van der Waals surface area contributed by atoms with Crippen LogP contribution >= 0.6 is 0 Å². The van der Waals surface area contributed by atoms with Crippen molar-refractivity contribution in [2.75, 3.05) is 0 Å². The number of nitrogens with one attached hydrogen (secondary N) is 1. The van der Waals surface area contributed by atoms with Crippen LogP contribution in [-0.2, 0) is 9.59 Å². The van der Waals surface area contributed by atoms with Gasteiger partial charge < -0.3 is 0 Å². The van der Waals surface area contributed by atoms with E-state index in [9.17, 15) is 9.59 Å². The van der Waals surface area contributed by atoms with Crippen molar-refractivity contribution >= 4 is 11.8 Å². The molecule has 3 unspecified atom stereocenters. The van der Waals surface area contributed by atoms with E-state index in [1.807, 2.05) is 6.92 Å². The van der Waals surface area contributed by atoms with Gasteiger partial charge in [-0.25, -0.2) is 0 Å². The lowest BCUT2D eigenvalue weighted by Gasteiger charge is -2.41. The van der Waals surface area contributed by atoms with Gasteiger partial charge >= 0.3 is 0 Å². The second-order valence-electron chi connectivity index (χ2n) is 7.67. The third-order valence-electron chi connectivity index (χ3n) is 5.53. The average Bonchev–Trinajstić information content (AvgIpc) is 2.49. The summed E-state index contributed by atoms with van der Waals surface area (Å²) < 4.78 is 0. The van der Waals surface area contributed by atoms with Crippen LogP contribution in [0.15, 0.2) is 0 Å². The predicted octanol–water partition coefficient (Wildman–Crippen LogP) is 3.28. The molecular formula is C16H27NO2. The van der Waals surface area contributed by atoms with E-state index >= 15 is 0 Å². The first-order valence-corrected chi connectivity index (χ1v) is 7.58. The number of piperidine rings is 1. The highest BCUT2D eigenvalue weighted by Crippen LogP contribution is 2.49. The largest absolute Gasteiger partial charge is 0.296 e. The van der Waals surface area contributed by atoms with Gasteiger partial charge in [0.15, 0.2) is 0 Å². The highest BCUT2D eigenvalue weighted by atomic mass is 16.2. The lowest BCUT2D eigenvalue weighted by molar-refractivity contribution is -0.143. The van der Waals surface area contributed by atoms with Crippen LogP contribution in [0.2, 0.25) is 0 Å². The maximum absolute atomic E-state index is 11.9. The molecule has 1 aliphatic carbocycles. The quantitative estimate of drug-likeness (QED) is 0.683. The van der Waals surface area contributed by atoms with Crippen LogP contribution < -0.4 is 5.32 Å². The van der Waals surface area contributed by atoms with Gasteiger partial charge in [-0.1, -0.05) is 34.1 Å². The molecule has 2 aliphatic rings. The summed E-state index contributed by atoms with van der Waals surface area (Å²) in [5.74, 6) is 0.547. The molecule has 1 N–H and O–H groups in total. The smallest absolute Gasteiger partial charge is 0.229 e. The molecule has 1 spiro atoms. The number of rotatable bonds is 0. The molecule has 1 saturated carbocycles. The number of hydrogen-bond acceptors (Lipinski definition) is 2. The van der Waals surface area contributed by atoms with Crippen LogP contribution in [0.5, 0.6) is 0 Å². The molecule has 19 heavy (non-hydrogen) atoms. The minimum atomic E-state index is -0.0719. The Morgan fingerprint density at radius 2 is 1.84 bits per heavy atom. The summed E-state index contributed by atoms with van der Waals surface area (Å²) in [6.45, 7) is 8.91. The summed E-state index contributed by atoms with van der Waals surface area (Å²) in [5, 5.41) is 2.48. The number of imide groups is 1. The fourth-order valence-corrected chi connectivity index (χ4v) is 3.95. The van der Waals surface area contributed by atoms with E-state index in [0.717, 1.165) is 25.7 Å². The molecule has 2 rings (SSSR count). The molecule has 1 heterocycles. The van der Waals surface area contributed by atoms with Gasteiger partial charge in [0.25, 0.3) is 0 Å². The van der Waals surface area contributed by atoms with Gasteiger partial charge in [0.05, 0.1) is 0 Å². The molecule has 0 bridgehead atoms. The second-order valence-corrected chi connectivity index (χ2v) is 7.67. The average molecular weight is 265 g/mol. The normalized spacial score (nSPS) is 37.1. The van der Waals surface area contributed by atoms with Crippen molar-refractivity contribution in [1.82, 2.24) is 5.32 Å². The minimum Gasteiger partial charge on any atom is -0.296 e. The van der Waals surface area contributed by atoms with Gasteiger partial charge in [-0.15, -0.1) is 0 Å². The predicted molar refractivity (Wildman–Crippen MR) is 75.4 cm³/mol. The molecular weight excluding hydrogens is 238 g/mol. The highest BCUT2D eigenvalue weighted by molar-refractivity contribution is 5.99. The van der Waals surface area contributed by atoms with Gasteiger partial charge in [0, 0.05) is 12.3 Å². The Morgan fingerprint density at radius 3 is 2.47 bits per heavy atom. The second kappa shape index (κ2) is 4.92. The highest BCUT2D eigenvalue weighted by Gasteiger charge is 2.47. The number of carbonyl (C=O) groups is 2. The zero-order valence-corrected chi connectivity index (χ0v) is 12.7. The third kappa shape index (κ3) is 2.85. The monoisotopic (exact) mass is 265 g/mol. The summed E-state index contributed by atoms with van der Waals surface area (Å²) in [5.41, 5.74) is 0.259. The lowest BCUT2D eigenvalue weighted by Crippen LogP contribution is -2.51. The van der Waals surface area contributed by atoms with Crippen LogP contribution in [0.25, 0.3) is 0 Å². The molecule has 1 saturated heterocycles. The van der Waals surface area contributed by atoms with E-state index < -0.39 is 0 Å². The van der Waals surface area contributed by atoms with Crippen LogP contribution in [0.4, 0.5) is 0 Å². The van der Waals surface area contributed by atoms with E-state index in [4.69, 9.17) is 0 Å². The van der Waals surface area contributed by atoms with Crippen molar-refractivity contribution < 1.29 is 9.59 Å². The molecule has 0 aromatic heterocycles. The van der Waals surface area contributed by atoms with Crippen molar-refractivity contribution in [2.45, 2.75) is 66.2 Å². The Morgan fingerprint density at radius 1 is 1.16 bits per heavy atom. The number of carbonyl (C=O) groups excluding carboxylic acids is 2. The lowest BCUT2D eigenvalue weighted by atomic mass is 9.65. The molecule has 3 nitrogen and oxygen atoms in total. The van der Waals surface area contributed by atoms with Gasteiger partial charge in [0.2, 0.25) is 11.8 Å². The maximum atomic E-state index is 11.9. The fraction of sp³-hybridized carbons (Fsp3) is 0.875. The van der Waals surface area contributed by atoms with Gasteiger partial charge in [-0.2, -0.15) is 0 Å². The van der Waals surface area contributed by atoms with Crippen LogP contribution in [0, 0.1) is 22.7 Å². The first-order chi connectivity index (χ1) is 8.74. The Bertz CT molecular complexity index is 383. The van der Waals surface area contributed by atoms with Crippen molar-refractivity contribution in [3.8, 4) is 0 Å². The number of hydrogen-bond donors (Lipinski definition) is 1. The Labute approximate surface area is 116 Å². The van der Waals surface area contributed by atoms with Crippen molar-refractivity contribution in [2.24, 2.45) is 22.7 Å². The van der Waals surface area contributed by atoms with Crippen molar-refractivity contribution in [1.29, 1.82) is 0 Å². The zero-order chi connectivity index (χ0) is 14.3.